The predicted octanol–water partition coefficient (Wildman–Crippen LogP) is 3.29. The summed E-state index contributed by atoms with van der Waals surface area (Å²) in [5, 5.41) is 21.0. The van der Waals surface area contributed by atoms with Crippen LogP contribution in [0.25, 0.3) is 27.9 Å². The van der Waals surface area contributed by atoms with Gasteiger partial charge in [0.05, 0.1) is 16.4 Å². The summed E-state index contributed by atoms with van der Waals surface area (Å²) in [6.45, 7) is 3.92. The fourth-order valence-corrected chi connectivity index (χ4v) is 3.33. The third kappa shape index (κ3) is 1.84. The number of aryl methyl sites for hydroxylation is 1. The van der Waals surface area contributed by atoms with Gasteiger partial charge in [0.2, 0.25) is 0 Å². The summed E-state index contributed by atoms with van der Waals surface area (Å²) >= 11 is 0. The zero-order chi connectivity index (χ0) is 17.2. The molecule has 2 heterocycles. The van der Waals surface area contributed by atoms with Gasteiger partial charge in [-0.25, -0.2) is 0 Å². The molecule has 0 bridgehead atoms. The molecule has 2 N–H and O–H groups in total. The second-order valence-electron chi connectivity index (χ2n) is 6.63. The second kappa shape index (κ2) is 4.54. The van der Waals surface area contributed by atoms with Gasteiger partial charge < -0.3 is 19.5 Å². The SMILES string of the molecule is Cn1c2c(O)c(O)ccc2c(=O)c2ccc3c(c21)C=CC(C)(C)O3. The Kier molecular flexibility index (Phi) is 2.77. The number of pyridine rings is 1. The second-order valence-corrected chi connectivity index (χ2v) is 6.63. The Balaban J connectivity index is 2.24. The van der Waals surface area contributed by atoms with Crippen LogP contribution in [-0.2, 0) is 7.05 Å². The monoisotopic (exact) mass is 323 g/mol. The molecule has 5 heteroatoms. The fourth-order valence-electron chi connectivity index (χ4n) is 3.33. The average Bonchev–Trinajstić information content (AvgIpc) is 2.53. The van der Waals surface area contributed by atoms with E-state index in [0.29, 0.717) is 27.6 Å². The molecule has 1 aromatic heterocycles. The first-order chi connectivity index (χ1) is 11.3. The maximum atomic E-state index is 12.8. The number of nitrogens with zero attached hydrogens (tertiary/aromatic N) is 1. The highest BCUT2D eigenvalue weighted by atomic mass is 16.5. The van der Waals surface area contributed by atoms with Crippen molar-refractivity contribution in [2.45, 2.75) is 19.4 Å². The van der Waals surface area contributed by atoms with Crippen LogP contribution in [0.15, 0.2) is 35.1 Å². The van der Waals surface area contributed by atoms with Crippen molar-refractivity contribution in [1.29, 1.82) is 0 Å². The molecule has 2 aromatic carbocycles. The van der Waals surface area contributed by atoms with E-state index in [1.807, 2.05) is 26.0 Å². The van der Waals surface area contributed by atoms with Crippen molar-refractivity contribution in [3.63, 3.8) is 0 Å². The molecule has 0 atom stereocenters. The van der Waals surface area contributed by atoms with Crippen molar-refractivity contribution < 1.29 is 14.9 Å². The molecule has 122 valence electrons. The Morgan fingerprint density at radius 2 is 1.71 bits per heavy atom. The number of hydrogen-bond donors (Lipinski definition) is 2. The van der Waals surface area contributed by atoms with E-state index in [1.54, 1.807) is 23.7 Å². The number of phenolic OH excluding ortho intramolecular Hbond substituents is 2. The van der Waals surface area contributed by atoms with E-state index in [-0.39, 0.29) is 16.9 Å². The highest BCUT2D eigenvalue weighted by Gasteiger charge is 2.25. The van der Waals surface area contributed by atoms with Gasteiger partial charge in [-0.1, -0.05) is 0 Å². The molecule has 0 spiro atoms. The zero-order valence-corrected chi connectivity index (χ0v) is 13.6. The number of aromatic hydroxyl groups is 2. The molecule has 0 radical (unpaired) electrons. The van der Waals surface area contributed by atoms with Crippen LogP contribution in [0.4, 0.5) is 0 Å². The summed E-state index contributed by atoms with van der Waals surface area (Å²) in [6, 6.07) is 6.40. The Morgan fingerprint density at radius 3 is 2.46 bits per heavy atom. The van der Waals surface area contributed by atoms with Gasteiger partial charge in [-0.3, -0.25) is 4.79 Å². The number of benzene rings is 2. The van der Waals surface area contributed by atoms with Crippen molar-refractivity contribution in [3.05, 3.63) is 46.1 Å². The highest BCUT2D eigenvalue weighted by Crippen LogP contribution is 2.38. The minimum absolute atomic E-state index is 0.186. The molecule has 0 fully saturated rings. The average molecular weight is 323 g/mol. The summed E-state index contributed by atoms with van der Waals surface area (Å²) in [7, 11) is 1.76. The summed E-state index contributed by atoms with van der Waals surface area (Å²) in [4.78, 5) is 12.8. The first kappa shape index (κ1) is 14.6. The molecule has 0 amide bonds. The lowest BCUT2D eigenvalue weighted by Crippen LogP contribution is -2.27. The van der Waals surface area contributed by atoms with Gasteiger partial charge in [0.15, 0.2) is 16.9 Å². The van der Waals surface area contributed by atoms with Crippen LogP contribution in [0.1, 0.15) is 19.4 Å². The van der Waals surface area contributed by atoms with Crippen LogP contribution in [-0.4, -0.2) is 20.4 Å². The first-order valence-corrected chi connectivity index (χ1v) is 7.69. The number of aromatic nitrogens is 1. The molecule has 4 rings (SSSR count). The van der Waals surface area contributed by atoms with Crippen LogP contribution < -0.4 is 10.2 Å². The van der Waals surface area contributed by atoms with Crippen molar-refractivity contribution in [1.82, 2.24) is 4.57 Å². The lowest BCUT2D eigenvalue weighted by molar-refractivity contribution is 0.159. The third-order valence-electron chi connectivity index (χ3n) is 4.49. The van der Waals surface area contributed by atoms with Gasteiger partial charge >= 0.3 is 0 Å². The fraction of sp³-hybridized carbons (Fsp3) is 0.211. The molecule has 5 nitrogen and oxygen atoms in total. The summed E-state index contributed by atoms with van der Waals surface area (Å²) in [5.41, 5.74) is 1.15. The lowest BCUT2D eigenvalue weighted by atomic mass is 9.98. The highest BCUT2D eigenvalue weighted by molar-refractivity contribution is 6.01. The molecule has 24 heavy (non-hydrogen) atoms. The Labute approximate surface area is 138 Å². The molecule has 1 aliphatic heterocycles. The lowest BCUT2D eigenvalue weighted by Gasteiger charge is -2.29. The van der Waals surface area contributed by atoms with Crippen LogP contribution in [0.3, 0.4) is 0 Å². The molecule has 0 saturated heterocycles. The summed E-state index contributed by atoms with van der Waals surface area (Å²) in [5.74, 6) is 0.131. The van der Waals surface area contributed by atoms with Gasteiger partial charge in [-0.15, -0.1) is 0 Å². The molecule has 0 saturated carbocycles. The molecule has 0 aliphatic carbocycles. The quantitative estimate of drug-likeness (QED) is 0.492. The Morgan fingerprint density at radius 1 is 1.04 bits per heavy atom. The summed E-state index contributed by atoms with van der Waals surface area (Å²) < 4.78 is 7.70. The van der Waals surface area contributed by atoms with E-state index >= 15 is 0 Å². The van der Waals surface area contributed by atoms with Gasteiger partial charge in [-0.05, 0) is 50.3 Å². The maximum absolute atomic E-state index is 12.8. The van der Waals surface area contributed by atoms with E-state index in [1.165, 1.54) is 12.1 Å². The van der Waals surface area contributed by atoms with Gasteiger partial charge in [0.25, 0.3) is 0 Å². The predicted molar refractivity (Wildman–Crippen MR) is 93.8 cm³/mol. The molecular formula is C19H17NO4. The van der Waals surface area contributed by atoms with Gasteiger partial charge in [0, 0.05) is 18.0 Å². The van der Waals surface area contributed by atoms with Crippen molar-refractivity contribution in [3.8, 4) is 17.2 Å². The van der Waals surface area contributed by atoms with Gasteiger partial charge in [0.1, 0.15) is 11.4 Å². The molecular weight excluding hydrogens is 306 g/mol. The van der Waals surface area contributed by atoms with Crippen LogP contribution in [0, 0.1) is 0 Å². The number of rotatable bonds is 0. The van der Waals surface area contributed by atoms with Crippen LogP contribution >= 0.6 is 0 Å². The van der Waals surface area contributed by atoms with Crippen LogP contribution in [0.2, 0.25) is 0 Å². The van der Waals surface area contributed by atoms with Crippen LogP contribution in [0.5, 0.6) is 17.2 Å². The number of ether oxygens (including phenoxy) is 1. The van der Waals surface area contributed by atoms with Crippen molar-refractivity contribution in [2.24, 2.45) is 7.05 Å². The maximum Gasteiger partial charge on any atom is 0.197 e. The normalized spacial score (nSPS) is 15.5. The largest absolute Gasteiger partial charge is 0.504 e. The number of fused-ring (bicyclic) bond motifs is 4. The Bertz CT molecular complexity index is 1110. The zero-order valence-electron chi connectivity index (χ0n) is 13.6. The smallest absolute Gasteiger partial charge is 0.197 e. The minimum Gasteiger partial charge on any atom is -0.504 e. The van der Waals surface area contributed by atoms with E-state index in [9.17, 15) is 15.0 Å². The van der Waals surface area contributed by atoms with E-state index in [2.05, 4.69) is 0 Å². The standard InChI is InChI=1S/C19H17NO4/c1-19(2)9-8-10-14(24-19)7-5-11-15(10)20(3)16-12(17(11)22)4-6-13(21)18(16)23/h4-9,21,23H,1-3H3. The number of hydrogen-bond acceptors (Lipinski definition) is 4. The first-order valence-electron chi connectivity index (χ1n) is 7.69. The number of phenols is 2. The minimum atomic E-state index is -0.420. The van der Waals surface area contributed by atoms with Crippen molar-refractivity contribution >= 4 is 27.9 Å². The summed E-state index contributed by atoms with van der Waals surface area (Å²) in [6.07, 6.45) is 3.87. The molecule has 1 aliphatic rings. The van der Waals surface area contributed by atoms with Gasteiger partial charge in [-0.2, -0.15) is 0 Å². The van der Waals surface area contributed by atoms with E-state index in [0.717, 1.165) is 5.56 Å². The topological polar surface area (TPSA) is 71.7 Å². The molecule has 0 unspecified atom stereocenters. The van der Waals surface area contributed by atoms with E-state index in [4.69, 9.17) is 4.74 Å². The van der Waals surface area contributed by atoms with Crippen molar-refractivity contribution in [2.75, 3.05) is 0 Å². The Hall–Kier alpha value is -2.95. The van der Waals surface area contributed by atoms with E-state index < -0.39 is 5.60 Å². The molecule has 3 aromatic rings. The third-order valence-corrected chi connectivity index (χ3v) is 4.49.